The van der Waals surface area contributed by atoms with Gasteiger partial charge < -0.3 is 4.74 Å². The van der Waals surface area contributed by atoms with Crippen molar-refractivity contribution in [1.82, 2.24) is 0 Å². The van der Waals surface area contributed by atoms with Crippen LogP contribution in [-0.4, -0.2) is 22.5 Å². The molecule has 2 rings (SSSR count). The Balaban J connectivity index is 2.13. The molecule has 0 spiro atoms. The minimum absolute atomic E-state index is 0.289. The van der Waals surface area contributed by atoms with E-state index in [2.05, 4.69) is 0 Å². The Morgan fingerprint density at radius 3 is 2.60 bits per heavy atom. The van der Waals surface area contributed by atoms with Crippen LogP contribution in [0.2, 0.25) is 0 Å². The summed E-state index contributed by atoms with van der Waals surface area (Å²) in [6.07, 6.45) is 0. The van der Waals surface area contributed by atoms with Gasteiger partial charge in [0.2, 0.25) is 0 Å². The zero-order valence-electron chi connectivity index (χ0n) is 11.7. The van der Waals surface area contributed by atoms with Crippen LogP contribution < -0.4 is 0 Å². The van der Waals surface area contributed by atoms with Crippen LogP contribution in [0.3, 0.4) is 0 Å². The van der Waals surface area contributed by atoms with Gasteiger partial charge in [-0.05, 0) is 29.8 Å². The van der Waals surface area contributed by atoms with E-state index in [1.165, 1.54) is 0 Å². The van der Waals surface area contributed by atoms with Gasteiger partial charge in [-0.1, -0.05) is 37.3 Å². The zero-order chi connectivity index (χ0) is 14.5. The van der Waals surface area contributed by atoms with E-state index in [0.29, 0.717) is 6.61 Å². The van der Waals surface area contributed by atoms with E-state index in [4.69, 9.17) is 4.74 Å². The average Bonchev–Trinajstić information content (AvgIpc) is 2.46. The number of esters is 1. The van der Waals surface area contributed by atoms with Gasteiger partial charge in [-0.3, -0.25) is 9.00 Å². The molecular weight excluding hydrogens is 272 g/mol. The number of rotatable bonds is 5. The lowest BCUT2D eigenvalue weighted by molar-refractivity contribution is -0.146. The fourth-order valence-corrected chi connectivity index (χ4v) is 3.25. The lowest BCUT2D eigenvalue weighted by atomic mass is 10.1. The number of carbonyl (C=O) groups is 1. The highest BCUT2D eigenvalue weighted by Gasteiger charge is 2.18. The predicted octanol–water partition coefficient (Wildman–Crippen LogP) is 3.15. The van der Waals surface area contributed by atoms with Crippen LogP contribution >= 0.6 is 0 Å². The predicted molar refractivity (Wildman–Crippen MR) is 81.0 cm³/mol. The standard InChI is InChI=1S/C16H18O3S/c1-3-19-16(17)12(2)11-20(18)15-9-8-13-6-4-5-7-14(13)10-15/h4-10,12H,3,11H2,1-2H3. The van der Waals surface area contributed by atoms with E-state index < -0.39 is 10.8 Å². The van der Waals surface area contributed by atoms with Crippen molar-refractivity contribution in [3.8, 4) is 0 Å². The first-order valence-electron chi connectivity index (χ1n) is 6.65. The Morgan fingerprint density at radius 2 is 1.90 bits per heavy atom. The van der Waals surface area contributed by atoms with Crippen LogP contribution in [0.4, 0.5) is 0 Å². The first-order valence-corrected chi connectivity index (χ1v) is 7.97. The minimum Gasteiger partial charge on any atom is -0.466 e. The van der Waals surface area contributed by atoms with Crippen molar-refractivity contribution in [3.05, 3.63) is 42.5 Å². The molecule has 106 valence electrons. The van der Waals surface area contributed by atoms with Crippen LogP contribution in [0.15, 0.2) is 47.4 Å². The smallest absolute Gasteiger partial charge is 0.309 e. The largest absolute Gasteiger partial charge is 0.466 e. The van der Waals surface area contributed by atoms with E-state index in [1.807, 2.05) is 42.5 Å². The summed E-state index contributed by atoms with van der Waals surface area (Å²) in [5, 5.41) is 2.17. The molecule has 3 nitrogen and oxygen atoms in total. The van der Waals surface area contributed by atoms with E-state index >= 15 is 0 Å². The second-order valence-corrected chi connectivity index (χ2v) is 6.17. The topological polar surface area (TPSA) is 43.4 Å². The number of hydrogen-bond acceptors (Lipinski definition) is 3. The maximum Gasteiger partial charge on any atom is 0.309 e. The third kappa shape index (κ3) is 3.45. The van der Waals surface area contributed by atoms with Crippen LogP contribution in [0.1, 0.15) is 13.8 Å². The molecule has 0 saturated carbocycles. The number of benzene rings is 2. The molecule has 0 aromatic heterocycles. The molecule has 0 amide bonds. The Morgan fingerprint density at radius 1 is 1.20 bits per heavy atom. The van der Waals surface area contributed by atoms with E-state index in [1.54, 1.807) is 13.8 Å². The molecule has 20 heavy (non-hydrogen) atoms. The minimum atomic E-state index is -1.19. The highest BCUT2D eigenvalue weighted by atomic mass is 32.2. The molecule has 2 aromatic carbocycles. The van der Waals surface area contributed by atoms with E-state index in [0.717, 1.165) is 15.7 Å². The third-order valence-corrected chi connectivity index (χ3v) is 4.66. The quantitative estimate of drug-likeness (QED) is 0.795. The monoisotopic (exact) mass is 290 g/mol. The Kier molecular flexibility index (Phi) is 4.90. The van der Waals surface area contributed by atoms with Gasteiger partial charge in [-0.2, -0.15) is 0 Å². The average molecular weight is 290 g/mol. The summed E-state index contributed by atoms with van der Waals surface area (Å²) in [6.45, 7) is 3.87. The number of carbonyl (C=O) groups excluding carboxylic acids is 1. The maximum atomic E-state index is 12.3. The number of fused-ring (bicyclic) bond motifs is 1. The van der Waals surface area contributed by atoms with Gasteiger partial charge in [-0.25, -0.2) is 0 Å². The van der Waals surface area contributed by atoms with Gasteiger partial charge >= 0.3 is 5.97 Å². The summed E-state index contributed by atoms with van der Waals surface area (Å²) in [5.74, 6) is -0.360. The van der Waals surface area contributed by atoms with Crippen LogP contribution in [0, 0.1) is 5.92 Å². The Bertz CT molecular complexity index is 636. The second kappa shape index (κ2) is 6.66. The highest BCUT2D eigenvalue weighted by molar-refractivity contribution is 7.85. The molecule has 0 aliphatic carbocycles. The molecule has 0 bridgehead atoms. The van der Waals surface area contributed by atoms with Gasteiger partial charge in [-0.15, -0.1) is 0 Å². The van der Waals surface area contributed by atoms with Crippen molar-refractivity contribution >= 4 is 27.5 Å². The molecule has 2 atom stereocenters. The lowest BCUT2D eigenvalue weighted by Crippen LogP contribution is -2.20. The molecule has 0 N–H and O–H groups in total. The second-order valence-electron chi connectivity index (χ2n) is 4.67. The molecule has 0 heterocycles. The fourth-order valence-electron chi connectivity index (χ4n) is 1.98. The van der Waals surface area contributed by atoms with Crippen molar-refractivity contribution in [3.63, 3.8) is 0 Å². The van der Waals surface area contributed by atoms with Crippen molar-refractivity contribution in [2.75, 3.05) is 12.4 Å². The Labute approximate surface area is 121 Å². The molecule has 2 aromatic rings. The SMILES string of the molecule is CCOC(=O)C(C)CS(=O)c1ccc2ccccc2c1. The van der Waals surface area contributed by atoms with Crippen LogP contribution in [0.25, 0.3) is 10.8 Å². The first kappa shape index (κ1) is 14.7. The van der Waals surface area contributed by atoms with Gasteiger partial charge in [0.25, 0.3) is 0 Å². The third-order valence-electron chi connectivity index (χ3n) is 3.07. The molecular formula is C16H18O3S. The van der Waals surface area contributed by atoms with Crippen molar-refractivity contribution in [2.24, 2.45) is 5.92 Å². The summed E-state index contributed by atoms with van der Waals surface area (Å²) in [5.41, 5.74) is 0. The first-order chi connectivity index (χ1) is 9.61. The molecule has 2 unspecified atom stereocenters. The van der Waals surface area contributed by atoms with Crippen LogP contribution in [0.5, 0.6) is 0 Å². The molecule has 0 aliphatic rings. The molecule has 0 fully saturated rings. The summed E-state index contributed by atoms with van der Waals surface area (Å²) < 4.78 is 17.2. The fraction of sp³-hybridized carbons (Fsp3) is 0.312. The zero-order valence-corrected chi connectivity index (χ0v) is 12.5. The molecule has 0 radical (unpaired) electrons. The maximum absolute atomic E-state index is 12.3. The molecule has 0 aliphatic heterocycles. The summed E-state index contributed by atoms with van der Waals surface area (Å²) in [7, 11) is -1.19. The summed E-state index contributed by atoms with van der Waals surface area (Å²) >= 11 is 0. The summed E-state index contributed by atoms with van der Waals surface area (Å²) in [4.78, 5) is 12.3. The highest BCUT2D eigenvalue weighted by Crippen LogP contribution is 2.19. The Hall–Kier alpha value is -1.68. The van der Waals surface area contributed by atoms with Crippen molar-refractivity contribution in [1.29, 1.82) is 0 Å². The summed E-state index contributed by atoms with van der Waals surface area (Å²) in [6, 6.07) is 13.7. The molecule has 0 saturated heterocycles. The molecule has 4 heteroatoms. The lowest BCUT2D eigenvalue weighted by Gasteiger charge is -2.10. The van der Waals surface area contributed by atoms with Crippen molar-refractivity contribution < 1.29 is 13.7 Å². The van der Waals surface area contributed by atoms with Gasteiger partial charge in [0, 0.05) is 10.6 Å². The number of hydrogen-bond donors (Lipinski definition) is 0. The number of ether oxygens (including phenoxy) is 1. The van der Waals surface area contributed by atoms with E-state index in [9.17, 15) is 9.00 Å². The van der Waals surface area contributed by atoms with Crippen molar-refractivity contribution in [2.45, 2.75) is 18.7 Å². The normalized spacial score (nSPS) is 13.9. The van der Waals surface area contributed by atoms with Crippen LogP contribution in [-0.2, 0) is 20.3 Å². The van der Waals surface area contributed by atoms with Gasteiger partial charge in [0.05, 0.1) is 23.3 Å². The van der Waals surface area contributed by atoms with Gasteiger partial charge in [0.1, 0.15) is 0 Å². The van der Waals surface area contributed by atoms with Gasteiger partial charge in [0.15, 0.2) is 0 Å². The van der Waals surface area contributed by atoms with E-state index in [-0.39, 0.29) is 17.6 Å².